The Kier molecular flexibility index (Phi) is 6.33. The first-order valence-corrected chi connectivity index (χ1v) is 10.2. The van der Waals surface area contributed by atoms with Gasteiger partial charge in [-0.25, -0.2) is 17.2 Å². The van der Waals surface area contributed by atoms with E-state index >= 15 is 0 Å². The molecule has 0 amide bonds. The monoisotopic (exact) mass is 360 g/mol. The molecule has 1 fully saturated rings. The third-order valence-corrected chi connectivity index (χ3v) is 6.36. The minimum absolute atomic E-state index is 0.0133. The lowest BCUT2D eigenvalue weighted by Gasteiger charge is -2.36. The van der Waals surface area contributed by atoms with Crippen molar-refractivity contribution >= 4 is 10.0 Å². The summed E-state index contributed by atoms with van der Waals surface area (Å²) >= 11 is 0. The Labute approximate surface area is 143 Å². The summed E-state index contributed by atoms with van der Waals surface area (Å²) in [6, 6.07) is 3.18. The summed E-state index contributed by atoms with van der Waals surface area (Å²) < 4.78 is 52.2. The van der Waals surface area contributed by atoms with Crippen molar-refractivity contribution < 1.29 is 17.2 Å². The number of rotatable bonds is 6. The van der Waals surface area contributed by atoms with Crippen LogP contribution in [0.15, 0.2) is 18.2 Å². The molecule has 0 radical (unpaired) electrons. The molecule has 24 heavy (non-hydrogen) atoms. The Morgan fingerprint density at radius 2 is 1.88 bits per heavy atom. The molecule has 0 saturated heterocycles. The van der Waals surface area contributed by atoms with Crippen LogP contribution in [0.1, 0.15) is 38.2 Å². The smallest absolute Gasteiger partial charge is 0.211 e. The number of halogens is 2. The SMILES string of the molecule is CCN(C1CCC([C@H](N)Cc2cc(F)ccc2F)CC1)S(C)(=O)=O. The molecule has 2 rings (SSSR count). The van der Waals surface area contributed by atoms with Crippen molar-refractivity contribution in [3.8, 4) is 0 Å². The van der Waals surface area contributed by atoms with Crippen LogP contribution in [0.5, 0.6) is 0 Å². The zero-order chi connectivity index (χ0) is 17.9. The van der Waals surface area contributed by atoms with E-state index in [-0.39, 0.29) is 18.0 Å². The van der Waals surface area contributed by atoms with Crippen LogP contribution in [-0.2, 0) is 16.4 Å². The van der Waals surface area contributed by atoms with E-state index in [9.17, 15) is 17.2 Å². The lowest BCUT2D eigenvalue weighted by atomic mass is 9.80. The molecule has 0 unspecified atom stereocenters. The highest BCUT2D eigenvalue weighted by Gasteiger charge is 2.32. The molecule has 0 bridgehead atoms. The highest BCUT2D eigenvalue weighted by atomic mass is 32.2. The van der Waals surface area contributed by atoms with Gasteiger partial charge in [-0.3, -0.25) is 0 Å². The first-order chi connectivity index (χ1) is 11.2. The van der Waals surface area contributed by atoms with Crippen LogP contribution in [-0.4, -0.2) is 37.6 Å². The van der Waals surface area contributed by atoms with Crippen LogP contribution in [0.25, 0.3) is 0 Å². The predicted octanol–water partition coefficient (Wildman–Crippen LogP) is 2.67. The number of benzene rings is 1. The average molecular weight is 360 g/mol. The topological polar surface area (TPSA) is 63.4 Å². The lowest BCUT2D eigenvalue weighted by molar-refractivity contribution is 0.202. The van der Waals surface area contributed by atoms with Gasteiger partial charge in [0.25, 0.3) is 0 Å². The second kappa shape index (κ2) is 7.89. The maximum atomic E-state index is 13.7. The summed E-state index contributed by atoms with van der Waals surface area (Å²) in [7, 11) is -3.20. The first kappa shape index (κ1) is 19.3. The summed E-state index contributed by atoms with van der Waals surface area (Å²) in [5, 5.41) is 0. The summed E-state index contributed by atoms with van der Waals surface area (Å²) in [6.07, 6.45) is 4.64. The molecule has 1 aliphatic carbocycles. The van der Waals surface area contributed by atoms with Crippen LogP contribution in [0, 0.1) is 17.6 Å². The van der Waals surface area contributed by atoms with Crippen molar-refractivity contribution in [3.63, 3.8) is 0 Å². The Bertz CT molecular complexity index is 659. The van der Waals surface area contributed by atoms with Gasteiger partial charge in [0.1, 0.15) is 11.6 Å². The van der Waals surface area contributed by atoms with Gasteiger partial charge in [0.2, 0.25) is 10.0 Å². The number of sulfonamides is 1. The molecule has 0 spiro atoms. The number of nitrogens with zero attached hydrogens (tertiary/aromatic N) is 1. The Balaban J connectivity index is 1.95. The molecule has 0 heterocycles. The normalized spacial score (nSPS) is 23.4. The fourth-order valence-corrected chi connectivity index (χ4v) is 4.92. The molecule has 1 atom stereocenters. The van der Waals surface area contributed by atoms with Gasteiger partial charge in [-0.2, -0.15) is 4.31 Å². The zero-order valence-electron chi connectivity index (χ0n) is 14.2. The van der Waals surface area contributed by atoms with Gasteiger partial charge >= 0.3 is 0 Å². The molecule has 136 valence electrons. The second-order valence-electron chi connectivity index (χ2n) is 6.64. The molecule has 7 heteroatoms. The first-order valence-electron chi connectivity index (χ1n) is 8.38. The molecule has 1 aromatic carbocycles. The van der Waals surface area contributed by atoms with E-state index in [2.05, 4.69) is 0 Å². The predicted molar refractivity (Wildman–Crippen MR) is 91.0 cm³/mol. The largest absolute Gasteiger partial charge is 0.327 e. The summed E-state index contributed by atoms with van der Waals surface area (Å²) in [5.74, 6) is -0.703. The van der Waals surface area contributed by atoms with Crippen molar-refractivity contribution in [3.05, 3.63) is 35.4 Å². The van der Waals surface area contributed by atoms with Gasteiger partial charge in [0, 0.05) is 18.6 Å². The average Bonchev–Trinajstić information content (AvgIpc) is 2.51. The quantitative estimate of drug-likeness (QED) is 0.848. The van der Waals surface area contributed by atoms with Crippen LogP contribution in [0.4, 0.5) is 8.78 Å². The van der Waals surface area contributed by atoms with Crippen LogP contribution in [0.3, 0.4) is 0 Å². The van der Waals surface area contributed by atoms with Crippen molar-refractivity contribution in [2.45, 2.75) is 51.1 Å². The number of nitrogens with two attached hydrogens (primary N) is 1. The summed E-state index contributed by atoms with van der Waals surface area (Å²) in [5.41, 5.74) is 6.52. The van der Waals surface area contributed by atoms with E-state index in [4.69, 9.17) is 5.73 Å². The van der Waals surface area contributed by atoms with Gasteiger partial charge < -0.3 is 5.73 Å². The van der Waals surface area contributed by atoms with Gasteiger partial charge in [0.05, 0.1) is 6.26 Å². The van der Waals surface area contributed by atoms with Gasteiger partial charge in [0.15, 0.2) is 0 Å². The van der Waals surface area contributed by atoms with Crippen molar-refractivity contribution in [1.29, 1.82) is 0 Å². The molecule has 0 aliphatic heterocycles. The molecular formula is C17H26F2N2O2S. The Morgan fingerprint density at radius 1 is 1.25 bits per heavy atom. The van der Waals surface area contributed by atoms with Crippen molar-refractivity contribution in [2.75, 3.05) is 12.8 Å². The second-order valence-corrected chi connectivity index (χ2v) is 8.57. The lowest BCUT2D eigenvalue weighted by Crippen LogP contribution is -2.44. The molecule has 4 nitrogen and oxygen atoms in total. The maximum Gasteiger partial charge on any atom is 0.211 e. The Hall–Kier alpha value is -1.05. The van der Waals surface area contributed by atoms with E-state index in [1.165, 1.54) is 12.3 Å². The molecule has 1 aliphatic rings. The Morgan fingerprint density at radius 3 is 2.42 bits per heavy atom. The molecule has 2 N–H and O–H groups in total. The maximum absolute atomic E-state index is 13.7. The fourth-order valence-electron chi connectivity index (χ4n) is 3.70. The fraction of sp³-hybridized carbons (Fsp3) is 0.647. The summed E-state index contributed by atoms with van der Waals surface area (Å²) in [4.78, 5) is 0. The third-order valence-electron chi connectivity index (χ3n) is 4.96. The van der Waals surface area contributed by atoms with E-state index < -0.39 is 21.7 Å². The van der Waals surface area contributed by atoms with Crippen LogP contribution < -0.4 is 5.73 Å². The molecular weight excluding hydrogens is 334 g/mol. The van der Waals surface area contributed by atoms with E-state index in [0.29, 0.717) is 18.5 Å². The van der Waals surface area contributed by atoms with Gasteiger partial charge in [-0.05, 0) is 61.8 Å². The molecule has 0 aromatic heterocycles. The van der Waals surface area contributed by atoms with E-state index in [1.54, 1.807) is 4.31 Å². The number of hydrogen-bond acceptors (Lipinski definition) is 3. The minimum Gasteiger partial charge on any atom is -0.327 e. The minimum atomic E-state index is -3.20. The van der Waals surface area contributed by atoms with E-state index in [1.807, 2.05) is 6.92 Å². The summed E-state index contributed by atoms with van der Waals surface area (Å²) in [6.45, 7) is 2.31. The third kappa shape index (κ3) is 4.74. The molecule has 1 saturated carbocycles. The van der Waals surface area contributed by atoms with Crippen molar-refractivity contribution in [1.82, 2.24) is 4.31 Å². The number of hydrogen-bond donors (Lipinski definition) is 1. The van der Waals surface area contributed by atoms with E-state index in [0.717, 1.165) is 37.8 Å². The zero-order valence-corrected chi connectivity index (χ0v) is 15.0. The van der Waals surface area contributed by atoms with Gasteiger partial charge in [-0.15, -0.1) is 0 Å². The molecule has 1 aromatic rings. The standard InChI is InChI=1S/C17H26F2N2O2S/c1-3-21(24(2,22)23)15-7-4-12(5-8-15)17(20)11-13-10-14(18)6-9-16(13)19/h6,9-10,12,15,17H,3-5,7-8,11,20H2,1-2H3/t12?,15?,17-/m1/s1. The highest BCUT2D eigenvalue weighted by molar-refractivity contribution is 7.88. The highest BCUT2D eigenvalue weighted by Crippen LogP contribution is 2.31. The van der Waals surface area contributed by atoms with Crippen molar-refractivity contribution in [2.24, 2.45) is 11.7 Å². The van der Waals surface area contributed by atoms with Crippen LogP contribution >= 0.6 is 0 Å². The van der Waals surface area contributed by atoms with Gasteiger partial charge in [-0.1, -0.05) is 6.92 Å². The van der Waals surface area contributed by atoms with Crippen LogP contribution in [0.2, 0.25) is 0 Å².